The van der Waals surface area contributed by atoms with Crippen LogP contribution >= 0.6 is 0 Å². The minimum atomic E-state index is -4.29. The fourth-order valence-electron chi connectivity index (χ4n) is 0.735. The largest absolute Gasteiger partial charge is 0.488 e. The van der Waals surface area contributed by atoms with E-state index >= 15 is 0 Å². The number of halogens is 3. The molecule has 0 radical (unpaired) electrons. The maximum absolute atomic E-state index is 11.8. The molecular formula is C11H15F3O. The van der Waals surface area contributed by atoms with E-state index in [0.717, 1.165) is 5.57 Å². The Kier molecular flexibility index (Phi) is 5.82. The van der Waals surface area contributed by atoms with Crippen molar-refractivity contribution in [2.75, 3.05) is 6.61 Å². The first kappa shape index (κ1) is 13.8. The smallest absolute Gasteiger partial charge is 0.422 e. The van der Waals surface area contributed by atoms with Crippen molar-refractivity contribution in [2.45, 2.75) is 26.4 Å². The van der Waals surface area contributed by atoms with Crippen LogP contribution in [0.4, 0.5) is 13.2 Å². The predicted molar refractivity (Wildman–Crippen MR) is 54.3 cm³/mol. The normalized spacial score (nSPS) is 13.9. The highest BCUT2D eigenvalue weighted by molar-refractivity contribution is 5.20. The summed E-state index contributed by atoms with van der Waals surface area (Å²) in [4.78, 5) is 0. The van der Waals surface area contributed by atoms with Gasteiger partial charge in [-0.1, -0.05) is 31.2 Å². The van der Waals surface area contributed by atoms with Crippen molar-refractivity contribution in [3.63, 3.8) is 0 Å². The topological polar surface area (TPSA) is 9.23 Å². The monoisotopic (exact) mass is 220 g/mol. The third kappa shape index (κ3) is 7.85. The summed E-state index contributed by atoms with van der Waals surface area (Å²) >= 11 is 0. The van der Waals surface area contributed by atoms with E-state index in [2.05, 4.69) is 11.3 Å². The molecule has 0 aromatic carbocycles. The maximum Gasteiger partial charge on any atom is 0.422 e. The standard InChI is InChI=1S/C11H15F3O/c1-4-9(3)6-7-10(5-2)15-8-11(12,13)14/h4,6-7H,1,5,8H2,2-3H3/b9-6-,10-7+. The van der Waals surface area contributed by atoms with Crippen LogP contribution < -0.4 is 0 Å². The number of allylic oxidation sites excluding steroid dienone is 5. The van der Waals surface area contributed by atoms with E-state index in [4.69, 9.17) is 0 Å². The Bertz CT molecular complexity index is 261. The second-order valence-electron chi connectivity index (χ2n) is 3.01. The summed E-state index contributed by atoms with van der Waals surface area (Å²) in [7, 11) is 0. The highest BCUT2D eigenvalue weighted by atomic mass is 19.4. The third-order valence-electron chi connectivity index (χ3n) is 1.62. The molecule has 0 aromatic rings. The Hall–Kier alpha value is -1.19. The number of hydrogen-bond donors (Lipinski definition) is 0. The van der Waals surface area contributed by atoms with E-state index < -0.39 is 12.8 Å². The van der Waals surface area contributed by atoms with Crippen LogP contribution in [-0.4, -0.2) is 12.8 Å². The van der Waals surface area contributed by atoms with Crippen molar-refractivity contribution in [2.24, 2.45) is 0 Å². The number of rotatable bonds is 5. The van der Waals surface area contributed by atoms with Gasteiger partial charge >= 0.3 is 6.18 Å². The lowest BCUT2D eigenvalue weighted by atomic mass is 10.2. The van der Waals surface area contributed by atoms with Gasteiger partial charge in [-0.15, -0.1) is 0 Å². The van der Waals surface area contributed by atoms with Crippen molar-refractivity contribution < 1.29 is 17.9 Å². The summed E-state index contributed by atoms with van der Waals surface area (Å²) in [6, 6.07) is 0. The van der Waals surface area contributed by atoms with Crippen molar-refractivity contribution in [1.29, 1.82) is 0 Å². The van der Waals surface area contributed by atoms with Crippen LogP contribution in [0.3, 0.4) is 0 Å². The zero-order valence-corrected chi connectivity index (χ0v) is 8.90. The molecule has 0 saturated heterocycles. The van der Waals surface area contributed by atoms with Crippen LogP contribution in [0.1, 0.15) is 20.3 Å². The van der Waals surface area contributed by atoms with E-state index in [1.54, 1.807) is 26.0 Å². The van der Waals surface area contributed by atoms with E-state index in [-0.39, 0.29) is 0 Å². The quantitative estimate of drug-likeness (QED) is 0.502. The lowest BCUT2D eigenvalue weighted by Crippen LogP contribution is -2.16. The average Bonchev–Trinajstić information content (AvgIpc) is 2.16. The molecule has 15 heavy (non-hydrogen) atoms. The molecule has 0 unspecified atom stereocenters. The summed E-state index contributed by atoms with van der Waals surface area (Å²) in [5.41, 5.74) is 0.872. The predicted octanol–water partition coefficient (Wildman–Crippen LogP) is 3.99. The van der Waals surface area contributed by atoms with Crippen LogP contribution in [-0.2, 0) is 4.74 Å². The van der Waals surface area contributed by atoms with Crippen molar-refractivity contribution in [1.82, 2.24) is 0 Å². The minimum Gasteiger partial charge on any atom is -0.488 e. The van der Waals surface area contributed by atoms with Gasteiger partial charge in [-0.3, -0.25) is 0 Å². The fourth-order valence-corrected chi connectivity index (χ4v) is 0.735. The summed E-state index contributed by atoms with van der Waals surface area (Å²) < 4.78 is 40.1. The van der Waals surface area contributed by atoms with Gasteiger partial charge in [0.05, 0.1) is 5.76 Å². The molecule has 0 bridgehead atoms. The molecule has 0 aliphatic heterocycles. The lowest BCUT2D eigenvalue weighted by molar-refractivity contribution is -0.165. The zero-order chi connectivity index (χ0) is 11.9. The van der Waals surface area contributed by atoms with E-state index in [1.165, 1.54) is 6.08 Å². The van der Waals surface area contributed by atoms with Gasteiger partial charge in [-0.05, 0) is 13.0 Å². The molecule has 0 atom stereocenters. The fraction of sp³-hybridized carbons (Fsp3) is 0.455. The van der Waals surface area contributed by atoms with Gasteiger partial charge in [0, 0.05) is 6.42 Å². The highest BCUT2D eigenvalue weighted by Crippen LogP contribution is 2.17. The number of hydrogen-bond acceptors (Lipinski definition) is 1. The number of alkyl halides is 3. The molecule has 0 fully saturated rings. The maximum atomic E-state index is 11.8. The Morgan fingerprint density at radius 1 is 1.33 bits per heavy atom. The third-order valence-corrected chi connectivity index (χ3v) is 1.62. The lowest BCUT2D eigenvalue weighted by Gasteiger charge is -2.10. The van der Waals surface area contributed by atoms with Crippen LogP contribution in [0.2, 0.25) is 0 Å². The number of ether oxygens (including phenoxy) is 1. The van der Waals surface area contributed by atoms with Gasteiger partial charge in [0.15, 0.2) is 6.61 Å². The van der Waals surface area contributed by atoms with E-state index in [1.807, 2.05) is 0 Å². The average molecular weight is 220 g/mol. The molecule has 0 N–H and O–H groups in total. The van der Waals surface area contributed by atoms with Crippen LogP contribution in [0.25, 0.3) is 0 Å². The second-order valence-corrected chi connectivity index (χ2v) is 3.01. The molecule has 1 nitrogen and oxygen atoms in total. The summed E-state index contributed by atoms with van der Waals surface area (Å²) in [6.07, 6.45) is 0.959. The Morgan fingerprint density at radius 3 is 2.33 bits per heavy atom. The van der Waals surface area contributed by atoms with Gasteiger partial charge < -0.3 is 4.74 Å². The molecule has 86 valence electrons. The van der Waals surface area contributed by atoms with Gasteiger partial charge in [0.2, 0.25) is 0 Å². The molecule has 0 amide bonds. The molecule has 4 heteroatoms. The van der Waals surface area contributed by atoms with Crippen LogP contribution in [0.15, 0.2) is 36.1 Å². The van der Waals surface area contributed by atoms with Crippen LogP contribution in [0.5, 0.6) is 0 Å². The van der Waals surface area contributed by atoms with Gasteiger partial charge in [0.1, 0.15) is 0 Å². The molecule has 0 rings (SSSR count). The van der Waals surface area contributed by atoms with Gasteiger partial charge in [-0.2, -0.15) is 13.2 Å². The van der Waals surface area contributed by atoms with Crippen LogP contribution in [0, 0.1) is 0 Å². The summed E-state index contributed by atoms with van der Waals surface area (Å²) in [6.45, 7) is 5.83. The highest BCUT2D eigenvalue weighted by Gasteiger charge is 2.28. The SMILES string of the molecule is C=C/C(C)=C\C=C(/CC)OCC(F)(F)F. The van der Waals surface area contributed by atoms with Gasteiger partial charge in [-0.25, -0.2) is 0 Å². The Morgan fingerprint density at radius 2 is 1.93 bits per heavy atom. The zero-order valence-electron chi connectivity index (χ0n) is 8.90. The molecule has 0 aliphatic carbocycles. The molecule has 0 heterocycles. The first-order chi connectivity index (χ1) is 6.89. The first-order valence-corrected chi connectivity index (χ1v) is 4.58. The van der Waals surface area contributed by atoms with Crippen molar-refractivity contribution >= 4 is 0 Å². The van der Waals surface area contributed by atoms with Gasteiger partial charge in [0.25, 0.3) is 0 Å². The summed E-state index contributed by atoms with van der Waals surface area (Å²) in [5, 5.41) is 0. The Balaban J connectivity index is 4.31. The van der Waals surface area contributed by atoms with Crippen molar-refractivity contribution in [3.05, 3.63) is 36.1 Å². The van der Waals surface area contributed by atoms with E-state index in [9.17, 15) is 13.2 Å². The first-order valence-electron chi connectivity index (χ1n) is 4.58. The van der Waals surface area contributed by atoms with Crippen molar-refractivity contribution in [3.8, 4) is 0 Å². The molecule has 0 saturated carbocycles. The van der Waals surface area contributed by atoms with E-state index in [0.29, 0.717) is 12.2 Å². The minimum absolute atomic E-state index is 0.313. The molecule has 0 aliphatic rings. The summed E-state index contributed by atoms with van der Waals surface area (Å²) in [5.74, 6) is 0.313. The molecule has 0 aromatic heterocycles. The second kappa shape index (κ2) is 6.32. The molecule has 0 spiro atoms. The molecular weight excluding hydrogens is 205 g/mol. The Labute approximate surface area is 87.9 Å².